The minimum atomic E-state index is -0.184. The van der Waals surface area contributed by atoms with E-state index < -0.39 is 0 Å². The van der Waals surface area contributed by atoms with E-state index in [1.165, 1.54) is 17.6 Å². The Morgan fingerprint density at radius 3 is 2.86 bits per heavy atom. The molecule has 150 valence electrons. The zero-order valence-corrected chi connectivity index (χ0v) is 17.8. The van der Waals surface area contributed by atoms with Crippen LogP contribution < -0.4 is 4.90 Å². The lowest BCUT2D eigenvalue weighted by molar-refractivity contribution is 0.0390. The molecule has 1 aromatic carbocycles. The predicted molar refractivity (Wildman–Crippen MR) is 114 cm³/mol. The lowest BCUT2D eigenvalue weighted by atomic mass is 10.2. The molecule has 1 aliphatic heterocycles. The number of halogens is 2. The number of carbonyl (C=O) groups excluding carboxylic acids is 1. The van der Waals surface area contributed by atoms with E-state index in [9.17, 15) is 4.79 Å². The van der Waals surface area contributed by atoms with Gasteiger partial charge in [0.25, 0.3) is 5.91 Å². The van der Waals surface area contributed by atoms with Crippen molar-refractivity contribution in [3.05, 3.63) is 46.9 Å². The number of aryl methyl sites for hydroxylation is 1. The van der Waals surface area contributed by atoms with Gasteiger partial charge >= 0.3 is 0 Å². The van der Waals surface area contributed by atoms with Crippen LogP contribution in [-0.4, -0.2) is 55.2 Å². The van der Waals surface area contributed by atoms with Crippen LogP contribution in [0.4, 0.5) is 5.13 Å². The average molecular weight is 442 g/mol. The zero-order chi connectivity index (χ0) is 18.8. The number of thiazole rings is 1. The number of ether oxygens (including phenoxy) is 1. The molecule has 1 saturated heterocycles. The van der Waals surface area contributed by atoms with E-state index in [4.69, 9.17) is 25.7 Å². The Kier molecular flexibility index (Phi) is 6.95. The first-order chi connectivity index (χ1) is 13.1. The molecule has 0 radical (unpaired) electrons. The van der Waals surface area contributed by atoms with Gasteiger partial charge in [0.05, 0.1) is 29.7 Å². The van der Waals surface area contributed by atoms with Crippen molar-refractivity contribution in [1.82, 2.24) is 9.88 Å². The molecule has 0 N–H and O–H groups in total. The molecule has 28 heavy (non-hydrogen) atoms. The Morgan fingerprint density at radius 2 is 2.14 bits per heavy atom. The molecular weight excluding hydrogens is 421 g/mol. The fraction of sp³-hybridized carbons (Fsp3) is 0.368. The van der Waals surface area contributed by atoms with Crippen LogP contribution in [-0.2, 0) is 4.74 Å². The second-order valence-corrected chi connectivity index (χ2v) is 7.90. The van der Waals surface area contributed by atoms with E-state index in [1.807, 2.05) is 19.1 Å². The van der Waals surface area contributed by atoms with Crippen LogP contribution in [0.15, 0.2) is 34.9 Å². The number of hydrogen-bond acceptors (Lipinski definition) is 6. The molecule has 3 heterocycles. The van der Waals surface area contributed by atoms with Gasteiger partial charge in [-0.25, -0.2) is 4.98 Å². The third kappa shape index (κ3) is 4.50. The van der Waals surface area contributed by atoms with Gasteiger partial charge in [-0.1, -0.05) is 22.9 Å². The van der Waals surface area contributed by atoms with Crippen molar-refractivity contribution in [2.45, 2.75) is 6.92 Å². The highest BCUT2D eigenvalue weighted by Crippen LogP contribution is 2.33. The van der Waals surface area contributed by atoms with Gasteiger partial charge in [0.2, 0.25) is 0 Å². The van der Waals surface area contributed by atoms with Crippen LogP contribution in [0.5, 0.6) is 0 Å². The number of hydrogen-bond donors (Lipinski definition) is 0. The summed E-state index contributed by atoms with van der Waals surface area (Å²) in [4.78, 5) is 21.8. The van der Waals surface area contributed by atoms with Crippen molar-refractivity contribution >= 4 is 56.6 Å². The number of fused-ring (bicyclic) bond motifs is 1. The number of benzene rings is 1. The number of morpholine rings is 1. The number of nitrogens with zero attached hydrogens (tertiary/aromatic N) is 3. The minimum absolute atomic E-state index is 0. The van der Waals surface area contributed by atoms with Gasteiger partial charge in [0, 0.05) is 31.2 Å². The van der Waals surface area contributed by atoms with Crippen molar-refractivity contribution in [3.63, 3.8) is 0 Å². The van der Waals surface area contributed by atoms with Crippen LogP contribution in [0.1, 0.15) is 16.1 Å². The molecule has 4 rings (SSSR count). The second kappa shape index (κ2) is 9.24. The summed E-state index contributed by atoms with van der Waals surface area (Å²) in [7, 11) is 0. The molecule has 0 saturated carbocycles. The van der Waals surface area contributed by atoms with Gasteiger partial charge in [-0.3, -0.25) is 14.6 Å². The first kappa shape index (κ1) is 21.1. The van der Waals surface area contributed by atoms with Crippen molar-refractivity contribution in [1.29, 1.82) is 0 Å². The number of anilines is 1. The molecule has 2 aromatic heterocycles. The van der Waals surface area contributed by atoms with E-state index in [-0.39, 0.29) is 18.3 Å². The molecule has 0 atom stereocenters. The zero-order valence-electron chi connectivity index (χ0n) is 15.4. The second-order valence-electron chi connectivity index (χ2n) is 6.45. The van der Waals surface area contributed by atoms with Crippen molar-refractivity contribution in [2.24, 2.45) is 0 Å². The van der Waals surface area contributed by atoms with E-state index in [0.717, 1.165) is 48.6 Å². The van der Waals surface area contributed by atoms with Crippen LogP contribution in [0.25, 0.3) is 10.2 Å². The molecule has 0 bridgehead atoms. The van der Waals surface area contributed by atoms with Crippen LogP contribution >= 0.6 is 35.3 Å². The Hall–Kier alpha value is -1.64. The fourth-order valence-electron chi connectivity index (χ4n) is 3.14. The Bertz CT molecular complexity index is 939. The van der Waals surface area contributed by atoms with Gasteiger partial charge in [-0.05, 0) is 36.8 Å². The molecule has 1 fully saturated rings. The molecule has 6 nitrogen and oxygen atoms in total. The van der Waals surface area contributed by atoms with Crippen LogP contribution in [0.3, 0.4) is 0 Å². The first-order valence-electron chi connectivity index (χ1n) is 8.84. The Labute approximate surface area is 178 Å². The summed E-state index contributed by atoms with van der Waals surface area (Å²) in [5, 5.41) is 1.33. The number of aromatic nitrogens is 1. The maximum Gasteiger partial charge on any atom is 0.295 e. The largest absolute Gasteiger partial charge is 0.459 e. The summed E-state index contributed by atoms with van der Waals surface area (Å²) in [6.45, 7) is 6.46. The standard InChI is InChI=1S/C19H20ClN3O3S.ClH/c1-13-11-14(20)12-16-17(13)21-19(27-16)23(18(24)15-3-2-8-26-15)5-4-22-6-9-25-10-7-22;/h2-3,8,11-12H,4-7,9-10H2,1H3;1H. The summed E-state index contributed by atoms with van der Waals surface area (Å²) in [5.74, 6) is 0.127. The SMILES string of the molecule is Cc1cc(Cl)cc2sc(N(CCN3CCOCC3)C(=O)c3ccco3)nc12.Cl. The minimum Gasteiger partial charge on any atom is -0.459 e. The number of rotatable bonds is 5. The van der Waals surface area contributed by atoms with Crippen molar-refractivity contribution in [3.8, 4) is 0 Å². The monoisotopic (exact) mass is 441 g/mol. The average Bonchev–Trinajstić information content (AvgIpc) is 3.32. The fourth-order valence-corrected chi connectivity index (χ4v) is 4.59. The summed E-state index contributed by atoms with van der Waals surface area (Å²) in [6, 6.07) is 7.18. The van der Waals surface area contributed by atoms with Gasteiger partial charge < -0.3 is 9.15 Å². The number of amides is 1. The summed E-state index contributed by atoms with van der Waals surface area (Å²) in [5.41, 5.74) is 1.88. The first-order valence-corrected chi connectivity index (χ1v) is 10.0. The van der Waals surface area contributed by atoms with Gasteiger partial charge in [-0.2, -0.15) is 0 Å². The molecule has 9 heteroatoms. The van der Waals surface area contributed by atoms with E-state index >= 15 is 0 Å². The summed E-state index contributed by atoms with van der Waals surface area (Å²) in [6.07, 6.45) is 1.51. The van der Waals surface area contributed by atoms with Gasteiger partial charge in [-0.15, -0.1) is 12.4 Å². The van der Waals surface area contributed by atoms with E-state index in [0.29, 0.717) is 22.5 Å². The Morgan fingerprint density at radius 1 is 1.36 bits per heavy atom. The van der Waals surface area contributed by atoms with Crippen molar-refractivity contribution < 1.29 is 13.9 Å². The van der Waals surface area contributed by atoms with Gasteiger partial charge in [0.15, 0.2) is 10.9 Å². The summed E-state index contributed by atoms with van der Waals surface area (Å²) >= 11 is 7.65. The molecule has 0 aliphatic carbocycles. The normalized spacial score (nSPS) is 14.8. The van der Waals surface area contributed by atoms with E-state index in [1.54, 1.807) is 17.0 Å². The van der Waals surface area contributed by atoms with Crippen LogP contribution in [0.2, 0.25) is 5.02 Å². The topological polar surface area (TPSA) is 58.8 Å². The van der Waals surface area contributed by atoms with Crippen molar-refractivity contribution in [2.75, 3.05) is 44.3 Å². The molecule has 0 unspecified atom stereocenters. The summed E-state index contributed by atoms with van der Waals surface area (Å²) < 4.78 is 11.7. The smallest absolute Gasteiger partial charge is 0.295 e. The maximum absolute atomic E-state index is 13.0. The number of furan rings is 1. The molecule has 1 aliphatic rings. The quantitative estimate of drug-likeness (QED) is 0.591. The third-order valence-electron chi connectivity index (χ3n) is 4.59. The highest BCUT2D eigenvalue weighted by Gasteiger charge is 2.24. The lowest BCUT2D eigenvalue weighted by Crippen LogP contribution is -2.43. The highest BCUT2D eigenvalue weighted by atomic mass is 35.5. The van der Waals surface area contributed by atoms with E-state index in [2.05, 4.69) is 4.90 Å². The lowest BCUT2D eigenvalue weighted by Gasteiger charge is -2.28. The highest BCUT2D eigenvalue weighted by molar-refractivity contribution is 7.22. The molecular formula is C19H21Cl2N3O3S. The van der Waals surface area contributed by atoms with Crippen LogP contribution in [0, 0.1) is 6.92 Å². The predicted octanol–water partition coefficient (Wildman–Crippen LogP) is 4.25. The third-order valence-corrected chi connectivity index (χ3v) is 5.83. The van der Waals surface area contributed by atoms with Gasteiger partial charge in [0.1, 0.15) is 0 Å². The molecule has 0 spiro atoms. The molecule has 3 aromatic rings. The molecule has 1 amide bonds. The number of carbonyl (C=O) groups is 1. The maximum atomic E-state index is 13.0. The Balaban J connectivity index is 0.00000225.